The minimum Gasteiger partial charge on any atom is -0.507 e. The van der Waals surface area contributed by atoms with Crippen LogP contribution >= 0.6 is 43.2 Å². The zero-order valence-corrected chi connectivity index (χ0v) is 18.9. The molecular weight excluding hydrogens is 416 g/mol. The third-order valence-electron chi connectivity index (χ3n) is 4.17. The van der Waals surface area contributed by atoms with Gasteiger partial charge in [-0.15, -0.1) is 0 Å². The third kappa shape index (κ3) is 10.3. The van der Waals surface area contributed by atoms with Crippen molar-refractivity contribution in [3.05, 3.63) is 29.8 Å². The molecule has 1 aliphatic rings. The van der Waals surface area contributed by atoms with E-state index in [4.69, 9.17) is 0 Å². The van der Waals surface area contributed by atoms with Gasteiger partial charge in [-0.2, -0.15) is 0 Å². The number of hydrogen-bond acceptors (Lipinski definition) is 7. The van der Waals surface area contributed by atoms with E-state index in [1.807, 2.05) is 21.6 Å². The maximum Gasteiger partial charge on any atom is 0.255 e. The van der Waals surface area contributed by atoms with Crippen LogP contribution in [0.3, 0.4) is 0 Å². The highest BCUT2D eigenvalue weighted by Crippen LogP contribution is 2.39. The SMILES string of the molecule is O=C(NCCSSCCNCCCCCC1CCSS1)c1ccccc1O. The Bertz CT molecular complexity index is 542. The van der Waals surface area contributed by atoms with Crippen molar-refractivity contribution in [3.63, 3.8) is 0 Å². The van der Waals surface area contributed by atoms with Crippen molar-refractivity contribution in [1.29, 1.82) is 0 Å². The van der Waals surface area contributed by atoms with Crippen LogP contribution in [-0.4, -0.2) is 53.2 Å². The van der Waals surface area contributed by atoms with Crippen molar-refractivity contribution in [3.8, 4) is 5.75 Å². The number of para-hydroxylation sites is 1. The second-order valence-electron chi connectivity index (χ2n) is 6.35. The highest BCUT2D eigenvalue weighted by atomic mass is 33.1. The van der Waals surface area contributed by atoms with Gasteiger partial charge in [0.25, 0.3) is 5.91 Å². The van der Waals surface area contributed by atoms with Crippen molar-refractivity contribution >= 4 is 49.1 Å². The van der Waals surface area contributed by atoms with E-state index in [1.165, 1.54) is 43.9 Å². The molecule has 2 rings (SSSR count). The maximum atomic E-state index is 11.9. The second kappa shape index (κ2) is 14.8. The van der Waals surface area contributed by atoms with Crippen molar-refractivity contribution in [2.75, 3.05) is 36.9 Å². The van der Waals surface area contributed by atoms with E-state index in [0.717, 1.165) is 29.8 Å². The molecule has 0 spiro atoms. The lowest BCUT2D eigenvalue weighted by Gasteiger charge is -2.08. The van der Waals surface area contributed by atoms with Gasteiger partial charge in [0.15, 0.2) is 0 Å². The van der Waals surface area contributed by atoms with Crippen LogP contribution in [0.15, 0.2) is 24.3 Å². The lowest BCUT2D eigenvalue weighted by Crippen LogP contribution is -2.25. The summed E-state index contributed by atoms with van der Waals surface area (Å²) in [7, 11) is 7.74. The number of carbonyl (C=O) groups excluding carboxylic acids is 1. The zero-order valence-electron chi connectivity index (χ0n) is 15.7. The molecule has 0 radical (unpaired) electrons. The second-order valence-corrected chi connectivity index (χ2v) is 11.8. The maximum absolute atomic E-state index is 11.9. The molecule has 3 N–H and O–H groups in total. The van der Waals surface area contributed by atoms with Crippen molar-refractivity contribution < 1.29 is 9.90 Å². The van der Waals surface area contributed by atoms with Crippen LogP contribution in [0.25, 0.3) is 0 Å². The lowest BCUT2D eigenvalue weighted by molar-refractivity contribution is 0.0953. The molecule has 1 heterocycles. The summed E-state index contributed by atoms with van der Waals surface area (Å²) in [5, 5.41) is 16.9. The van der Waals surface area contributed by atoms with Gasteiger partial charge in [-0.05, 0) is 37.9 Å². The Morgan fingerprint density at radius 2 is 1.93 bits per heavy atom. The molecule has 1 aromatic carbocycles. The number of hydrogen-bond donors (Lipinski definition) is 3. The first-order valence-electron chi connectivity index (χ1n) is 9.57. The molecule has 1 fully saturated rings. The Kier molecular flexibility index (Phi) is 12.7. The van der Waals surface area contributed by atoms with Crippen LogP contribution in [0.2, 0.25) is 0 Å². The Labute approximate surface area is 179 Å². The molecule has 1 aromatic rings. The molecule has 1 atom stereocenters. The van der Waals surface area contributed by atoms with Crippen LogP contribution in [0, 0.1) is 0 Å². The molecule has 4 nitrogen and oxygen atoms in total. The highest BCUT2D eigenvalue weighted by Gasteiger charge is 2.15. The van der Waals surface area contributed by atoms with Crippen LogP contribution in [0.4, 0.5) is 0 Å². The number of phenolic OH excluding ortho intramolecular Hbond substituents is 1. The van der Waals surface area contributed by atoms with E-state index < -0.39 is 0 Å². The molecule has 1 unspecified atom stereocenters. The van der Waals surface area contributed by atoms with E-state index in [0.29, 0.717) is 12.1 Å². The van der Waals surface area contributed by atoms with Crippen molar-refractivity contribution in [2.45, 2.75) is 37.4 Å². The number of nitrogens with one attached hydrogen (secondary N) is 2. The smallest absolute Gasteiger partial charge is 0.255 e. The summed E-state index contributed by atoms with van der Waals surface area (Å²) < 4.78 is 0. The van der Waals surface area contributed by atoms with E-state index in [1.54, 1.807) is 29.0 Å². The third-order valence-corrected chi connectivity index (χ3v) is 9.59. The van der Waals surface area contributed by atoms with Crippen LogP contribution in [0.5, 0.6) is 5.75 Å². The summed E-state index contributed by atoms with van der Waals surface area (Å²) in [6.45, 7) is 2.77. The number of carbonyl (C=O) groups is 1. The van der Waals surface area contributed by atoms with Gasteiger partial charge in [-0.3, -0.25) is 4.79 Å². The summed E-state index contributed by atoms with van der Waals surface area (Å²) in [6, 6.07) is 6.62. The number of aromatic hydroxyl groups is 1. The van der Waals surface area contributed by atoms with Crippen LogP contribution in [-0.2, 0) is 0 Å². The van der Waals surface area contributed by atoms with Gasteiger partial charge < -0.3 is 15.7 Å². The van der Waals surface area contributed by atoms with Crippen LogP contribution < -0.4 is 10.6 Å². The topological polar surface area (TPSA) is 61.4 Å². The van der Waals surface area contributed by atoms with Gasteiger partial charge in [-0.1, -0.05) is 68.1 Å². The number of rotatable bonds is 14. The summed E-state index contributed by atoms with van der Waals surface area (Å²) in [5.41, 5.74) is 0.334. The quantitative estimate of drug-likeness (QED) is 0.280. The fourth-order valence-electron chi connectivity index (χ4n) is 2.69. The Hall–Kier alpha value is -0.150. The number of amides is 1. The Morgan fingerprint density at radius 1 is 1.11 bits per heavy atom. The highest BCUT2D eigenvalue weighted by molar-refractivity contribution is 8.77. The lowest BCUT2D eigenvalue weighted by atomic mass is 10.1. The summed E-state index contributed by atoms with van der Waals surface area (Å²) in [6.07, 6.45) is 6.79. The molecular formula is C19H30N2O2S4. The molecule has 0 aliphatic carbocycles. The molecule has 1 amide bonds. The fourth-order valence-corrected chi connectivity index (χ4v) is 7.57. The standard InChI is InChI=1S/C19H30N2O2S4/c22-18-8-4-3-7-17(18)19(23)21-12-15-25-24-14-11-20-10-5-1-2-6-16-9-13-26-27-16/h3-4,7-8,16,20,22H,1-2,5-6,9-15H2,(H,21,23). The van der Waals surface area contributed by atoms with Crippen LogP contribution in [0.1, 0.15) is 42.5 Å². The first-order valence-corrected chi connectivity index (χ1v) is 14.4. The molecule has 152 valence electrons. The van der Waals surface area contributed by atoms with E-state index in [-0.39, 0.29) is 11.7 Å². The van der Waals surface area contributed by atoms with E-state index >= 15 is 0 Å². The molecule has 8 heteroatoms. The summed E-state index contributed by atoms with van der Waals surface area (Å²) in [5.74, 6) is 3.09. The average molecular weight is 447 g/mol. The molecule has 0 bridgehead atoms. The normalized spacial score (nSPS) is 16.5. The van der Waals surface area contributed by atoms with Gasteiger partial charge >= 0.3 is 0 Å². The predicted molar refractivity (Wildman–Crippen MR) is 125 cm³/mol. The molecule has 0 saturated carbocycles. The van der Waals surface area contributed by atoms with Crippen molar-refractivity contribution in [2.24, 2.45) is 0 Å². The number of unbranched alkanes of at least 4 members (excludes halogenated alkanes) is 2. The molecule has 0 aromatic heterocycles. The molecule has 1 aliphatic heterocycles. The van der Waals surface area contributed by atoms with Gasteiger partial charge in [-0.25, -0.2) is 0 Å². The summed E-state index contributed by atoms with van der Waals surface area (Å²) in [4.78, 5) is 11.9. The van der Waals surface area contributed by atoms with Crippen molar-refractivity contribution in [1.82, 2.24) is 10.6 Å². The van der Waals surface area contributed by atoms with Gasteiger partial charge in [0.1, 0.15) is 5.75 Å². The first-order chi connectivity index (χ1) is 13.3. The first kappa shape index (κ1) is 23.1. The van der Waals surface area contributed by atoms with Gasteiger partial charge in [0.05, 0.1) is 5.56 Å². The molecule has 1 saturated heterocycles. The molecule has 27 heavy (non-hydrogen) atoms. The Balaban J connectivity index is 1.32. The Morgan fingerprint density at radius 3 is 2.70 bits per heavy atom. The zero-order chi connectivity index (χ0) is 19.2. The van der Waals surface area contributed by atoms with Gasteiger partial charge in [0.2, 0.25) is 0 Å². The number of benzene rings is 1. The largest absolute Gasteiger partial charge is 0.507 e. The average Bonchev–Trinajstić information content (AvgIpc) is 3.19. The van der Waals surface area contributed by atoms with Gasteiger partial charge in [0, 0.05) is 35.6 Å². The minimum atomic E-state index is -0.217. The minimum absolute atomic E-state index is 0.0273. The predicted octanol–water partition coefficient (Wildman–Crippen LogP) is 4.81. The monoisotopic (exact) mass is 446 g/mol. The van der Waals surface area contributed by atoms with E-state index in [2.05, 4.69) is 21.4 Å². The van der Waals surface area contributed by atoms with E-state index in [9.17, 15) is 9.90 Å². The fraction of sp³-hybridized carbons (Fsp3) is 0.632. The summed E-state index contributed by atoms with van der Waals surface area (Å²) >= 11 is 0. The number of phenols is 1.